The van der Waals surface area contributed by atoms with E-state index in [4.69, 9.17) is 4.52 Å². The molecule has 1 amide bonds. The van der Waals surface area contributed by atoms with Crippen LogP contribution >= 0.6 is 0 Å². The van der Waals surface area contributed by atoms with Crippen molar-refractivity contribution in [2.24, 2.45) is 22.2 Å². The molecule has 1 aliphatic heterocycles. The highest BCUT2D eigenvalue weighted by Crippen LogP contribution is 2.70. The van der Waals surface area contributed by atoms with Crippen LogP contribution in [0.5, 0.6) is 0 Å². The number of carbonyl (C=O) groups is 1. The van der Waals surface area contributed by atoms with Gasteiger partial charge in [0.25, 0.3) is 0 Å². The minimum atomic E-state index is -0.185. The van der Waals surface area contributed by atoms with Crippen LogP contribution in [0.1, 0.15) is 77.1 Å². The van der Waals surface area contributed by atoms with E-state index in [-0.39, 0.29) is 11.5 Å². The van der Waals surface area contributed by atoms with Gasteiger partial charge in [0.15, 0.2) is 0 Å². The van der Waals surface area contributed by atoms with Crippen molar-refractivity contribution in [1.82, 2.24) is 20.0 Å². The maximum atomic E-state index is 14.1. The van der Waals surface area contributed by atoms with E-state index in [1.165, 1.54) is 19.3 Å². The summed E-state index contributed by atoms with van der Waals surface area (Å²) in [5.41, 5.74) is 1.17. The van der Waals surface area contributed by atoms with Crippen molar-refractivity contribution < 1.29 is 9.32 Å². The Morgan fingerprint density at radius 1 is 1.13 bits per heavy atom. The van der Waals surface area contributed by atoms with Gasteiger partial charge < -0.3 is 9.42 Å². The SMILES string of the molecule is C[C@]12CC3CC(C(=O)N4CCC[C@@H]4c4nc(-c5ccccn5)no4)(C1)C[C@@](C)(C3)C2. The molecule has 5 atom stereocenters. The Morgan fingerprint density at radius 2 is 1.93 bits per heavy atom. The van der Waals surface area contributed by atoms with Gasteiger partial charge >= 0.3 is 0 Å². The second kappa shape index (κ2) is 6.14. The molecule has 3 heterocycles. The summed E-state index contributed by atoms with van der Waals surface area (Å²) in [6.07, 6.45) is 10.7. The number of hydrogen-bond donors (Lipinski definition) is 0. The molecule has 7 rings (SSSR count). The third-order valence-electron chi connectivity index (χ3n) is 8.21. The lowest BCUT2D eigenvalue weighted by atomic mass is 9.40. The van der Waals surface area contributed by atoms with Crippen LogP contribution < -0.4 is 0 Å². The number of rotatable bonds is 3. The van der Waals surface area contributed by atoms with E-state index in [0.29, 0.717) is 40.1 Å². The van der Waals surface area contributed by atoms with Crippen molar-refractivity contribution in [3.8, 4) is 11.5 Å². The number of likely N-dealkylation sites (tertiary alicyclic amines) is 1. The summed E-state index contributed by atoms with van der Waals surface area (Å²) in [7, 11) is 0. The summed E-state index contributed by atoms with van der Waals surface area (Å²) in [6.45, 7) is 5.65. The van der Waals surface area contributed by atoms with Crippen LogP contribution in [0.25, 0.3) is 11.5 Å². The molecule has 2 unspecified atom stereocenters. The number of aromatic nitrogens is 3. The first-order chi connectivity index (χ1) is 14.4. The van der Waals surface area contributed by atoms with Crippen molar-refractivity contribution in [1.29, 1.82) is 0 Å². The zero-order valence-electron chi connectivity index (χ0n) is 17.9. The average Bonchev–Trinajstić information content (AvgIpc) is 3.34. The molecule has 5 fully saturated rings. The highest BCUT2D eigenvalue weighted by atomic mass is 16.5. The van der Waals surface area contributed by atoms with E-state index in [1.54, 1.807) is 6.20 Å². The third kappa shape index (κ3) is 2.75. The lowest BCUT2D eigenvalue weighted by Crippen LogP contribution is -2.60. The maximum absolute atomic E-state index is 14.1. The van der Waals surface area contributed by atoms with Gasteiger partial charge in [-0.2, -0.15) is 4.98 Å². The standard InChI is InChI=1S/C24H30N4O2/c1-22-10-16-11-23(2,13-22)15-24(12-16,14-22)21(29)28-9-5-7-18(28)20-26-19(27-30-20)17-6-3-4-8-25-17/h3-4,6,8,16,18H,5,7,9-15H2,1-2H3/t16?,18-,22-,23+,24?/m1/s1. The predicted molar refractivity (Wildman–Crippen MR) is 111 cm³/mol. The van der Waals surface area contributed by atoms with Crippen molar-refractivity contribution in [3.05, 3.63) is 30.3 Å². The van der Waals surface area contributed by atoms with Gasteiger partial charge in [-0.15, -0.1) is 0 Å². The summed E-state index contributed by atoms with van der Waals surface area (Å²) in [4.78, 5) is 25.1. The molecule has 4 aliphatic carbocycles. The van der Waals surface area contributed by atoms with Gasteiger partial charge in [0.2, 0.25) is 17.6 Å². The molecule has 0 radical (unpaired) electrons. The van der Waals surface area contributed by atoms with Gasteiger partial charge in [0, 0.05) is 12.7 Å². The zero-order valence-corrected chi connectivity index (χ0v) is 17.9. The molecular formula is C24H30N4O2. The van der Waals surface area contributed by atoms with Gasteiger partial charge in [0.1, 0.15) is 11.7 Å². The highest BCUT2D eigenvalue weighted by molar-refractivity contribution is 5.84. The van der Waals surface area contributed by atoms with Crippen molar-refractivity contribution in [2.75, 3.05) is 6.54 Å². The van der Waals surface area contributed by atoms with E-state index >= 15 is 0 Å². The molecule has 2 aromatic heterocycles. The lowest BCUT2D eigenvalue weighted by molar-refractivity contribution is -0.180. The van der Waals surface area contributed by atoms with Crippen molar-refractivity contribution in [2.45, 2.75) is 71.3 Å². The molecule has 0 N–H and O–H groups in total. The minimum absolute atomic E-state index is 0.101. The smallest absolute Gasteiger partial charge is 0.249 e. The van der Waals surface area contributed by atoms with Crippen LogP contribution in [0, 0.1) is 22.2 Å². The average molecular weight is 407 g/mol. The van der Waals surface area contributed by atoms with Crippen LogP contribution in [0.3, 0.4) is 0 Å². The van der Waals surface area contributed by atoms with Gasteiger partial charge in [-0.25, -0.2) is 0 Å². The molecule has 158 valence electrons. The van der Waals surface area contributed by atoms with Crippen LogP contribution in [-0.2, 0) is 4.79 Å². The third-order valence-corrected chi connectivity index (χ3v) is 8.21. The molecule has 5 aliphatic rings. The van der Waals surface area contributed by atoms with Crippen LogP contribution in [0.4, 0.5) is 0 Å². The Morgan fingerprint density at radius 3 is 2.63 bits per heavy atom. The number of amides is 1. The number of nitrogens with zero attached hydrogens (tertiary/aromatic N) is 4. The maximum Gasteiger partial charge on any atom is 0.249 e. The largest absolute Gasteiger partial charge is 0.337 e. The first-order valence-corrected chi connectivity index (χ1v) is 11.4. The van der Waals surface area contributed by atoms with Gasteiger partial charge in [0.05, 0.1) is 5.41 Å². The summed E-state index contributed by atoms with van der Waals surface area (Å²) >= 11 is 0. The van der Waals surface area contributed by atoms with E-state index < -0.39 is 0 Å². The molecule has 6 nitrogen and oxygen atoms in total. The number of hydrogen-bond acceptors (Lipinski definition) is 5. The van der Waals surface area contributed by atoms with Crippen molar-refractivity contribution in [3.63, 3.8) is 0 Å². The Balaban J connectivity index is 1.29. The fourth-order valence-electron chi connectivity index (χ4n) is 8.23. The fourth-order valence-corrected chi connectivity index (χ4v) is 8.23. The summed E-state index contributed by atoms with van der Waals surface area (Å²) in [6, 6.07) is 5.56. The molecule has 0 aromatic carbocycles. The molecule has 30 heavy (non-hydrogen) atoms. The lowest BCUT2D eigenvalue weighted by Gasteiger charge is -2.65. The van der Waals surface area contributed by atoms with Gasteiger partial charge in [-0.1, -0.05) is 25.1 Å². The monoisotopic (exact) mass is 406 g/mol. The van der Waals surface area contributed by atoms with Crippen LogP contribution in [0.2, 0.25) is 0 Å². The van der Waals surface area contributed by atoms with E-state index in [9.17, 15) is 4.79 Å². The molecule has 4 bridgehead atoms. The Kier molecular flexibility index (Phi) is 3.79. The molecule has 1 saturated heterocycles. The van der Waals surface area contributed by atoms with E-state index in [0.717, 1.165) is 38.6 Å². The first-order valence-electron chi connectivity index (χ1n) is 11.4. The number of pyridine rings is 1. The minimum Gasteiger partial charge on any atom is -0.337 e. The Hall–Kier alpha value is -2.24. The second-order valence-electron chi connectivity index (χ2n) is 11.2. The fraction of sp³-hybridized carbons (Fsp3) is 0.667. The molecule has 4 saturated carbocycles. The van der Waals surface area contributed by atoms with E-state index in [2.05, 4.69) is 33.9 Å². The topological polar surface area (TPSA) is 72.1 Å². The number of carbonyl (C=O) groups excluding carboxylic acids is 1. The van der Waals surface area contributed by atoms with Crippen LogP contribution in [-0.4, -0.2) is 32.5 Å². The zero-order chi connectivity index (χ0) is 20.6. The predicted octanol–water partition coefficient (Wildman–Crippen LogP) is 4.79. The van der Waals surface area contributed by atoms with Gasteiger partial charge in [-0.3, -0.25) is 9.78 Å². The normalized spacial score (nSPS) is 39.6. The molecule has 6 heteroatoms. The van der Waals surface area contributed by atoms with E-state index in [1.807, 2.05) is 18.2 Å². The molecule has 2 aromatic rings. The highest BCUT2D eigenvalue weighted by Gasteiger charge is 2.63. The van der Waals surface area contributed by atoms with Gasteiger partial charge in [-0.05, 0) is 80.2 Å². The second-order valence-corrected chi connectivity index (χ2v) is 11.2. The molecule has 0 spiro atoms. The van der Waals surface area contributed by atoms with Crippen molar-refractivity contribution >= 4 is 5.91 Å². The Bertz CT molecular complexity index is 968. The Labute approximate surface area is 177 Å². The van der Waals surface area contributed by atoms with Crippen LogP contribution in [0.15, 0.2) is 28.9 Å². The summed E-state index contributed by atoms with van der Waals surface area (Å²) in [5.74, 6) is 2.12. The quantitative estimate of drug-likeness (QED) is 0.733. The summed E-state index contributed by atoms with van der Waals surface area (Å²) in [5, 5.41) is 4.15. The molecular weight excluding hydrogens is 376 g/mol. The summed E-state index contributed by atoms with van der Waals surface area (Å²) < 4.78 is 5.65. The first kappa shape index (κ1) is 18.5.